The molecule has 0 unspecified atom stereocenters. The topological polar surface area (TPSA) is 58.9 Å². The molecule has 22 heavy (non-hydrogen) atoms. The van der Waals surface area contributed by atoms with Crippen LogP contribution in [-0.2, 0) is 9.53 Å². The first-order chi connectivity index (χ1) is 10.4. The van der Waals surface area contributed by atoms with Gasteiger partial charge in [0.2, 0.25) is 0 Å². The van der Waals surface area contributed by atoms with E-state index in [4.69, 9.17) is 27.9 Å². The molecule has 0 amide bonds. The molecule has 0 aliphatic heterocycles. The molecule has 0 heterocycles. The molecule has 1 aliphatic rings. The van der Waals surface area contributed by atoms with Gasteiger partial charge in [0.05, 0.1) is 22.7 Å². The van der Waals surface area contributed by atoms with E-state index in [1.165, 1.54) is 6.21 Å². The maximum absolute atomic E-state index is 13.6. The molecule has 1 aromatic rings. The lowest BCUT2D eigenvalue weighted by atomic mass is 10.1. The Morgan fingerprint density at radius 2 is 2.14 bits per heavy atom. The summed E-state index contributed by atoms with van der Waals surface area (Å²) < 4.78 is 18.5. The van der Waals surface area contributed by atoms with Crippen LogP contribution in [0.15, 0.2) is 22.7 Å². The fourth-order valence-electron chi connectivity index (χ4n) is 1.67. The summed E-state index contributed by atoms with van der Waals surface area (Å²) in [5, 5.41) is 10.1. The Bertz CT molecular complexity index is 654. The predicted molar refractivity (Wildman–Crippen MR) is 84.1 cm³/mol. The molecule has 1 aliphatic carbocycles. The molecule has 118 valence electrons. The van der Waals surface area contributed by atoms with Crippen LogP contribution in [0, 0.1) is 5.82 Å². The first-order valence-corrected chi connectivity index (χ1v) is 7.48. The van der Waals surface area contributed by atoms with Crippen molar-refractivity contribution in [1.82, 2.24) is 0 Å². The summed E-state index contributed by atoms with van der Waals surface area (Å²) in [7, 11) is 0. The molecule has 1 fully saturated rings. The molecule has 7 heteroatoms. The van der Waals surface area contributed by atoms with E-state index in [2.05, 4.69) is 4.99 Å². The van der Waals surface area contributed by atoms with Crippen molar-refractivity contribution in [2.45, 2.75) is 25.8 Å². The number of ether oxygens (including phenoxy) is 1. The van der Waals surface area contributed by atoms with Gasteiger partial charge in [0.1, 0.15) is 17.1 Å². The summed E-state index contributed by atoms with van der Waals surface area (Å²) in [6, 6.07) is 2.27. The molecule has 1 saturated carbocycles. The monoisotopic (exact) mass is 345 g/mol. The number of aliphatic imine (C=N–C) groups is 1. The average Bonchev–Trinajstić information content (AvgIpc) is 3.27. The van der Waals surface area contributed by atoms with Gasteiger partial charge in [-0.3, -0.25) is 4.99 Å². The molecule has 4 nitrogen and oxygen atoms in total. The predicted octanol–water partition coefficient (Wildman–Crippen LogP) is 4.20. The highest BCUT2D eigenvalue weighted by atomic mass is 35.5. The van der Waals surface area contributed by atoms with E-state index in [0.717, 1.165) is 25.0 Å². The van der Waals surface area contributed by atoms with Gasteiger partial charge in [-0.15, -0.1) is 0 Å². The van der Waals surface area contributed by atoms with Crippen LogP contribution in [0.4, 0.5) is 4.39 Å². The van der Waals surface area contributed by atoms with Crippen molar-refractivity contribution in [3.63, 3.8) is 0 Å². The minimum absolute atomic E-state index is 0.0190. The van der Waals surface area contributed by atoms with Gasteiger partial charge in [0, 0.05) is 11.8 Å². The SMILES string of the molecule is CCOC(=O)/C(C=NC1CC1)=C(\O)c1cc(F)c(Cl)cc1Cl. The number of aliphatic hydroxyl groups excluding tert-OH is 1. The number of carbonyl (C=O) groups is 1. The maximum Gasteiger partial charge on any atom is 0.343 e. The first-order valence-electron chi connectivity index (χ1n) is 6.72. The minimum atomic E-state index is -0.755. The van der Waals surface area contributed by atoms with Crippen LogP contribution in [0.5, 0.6) is 0 Å². The van der Waals surface area contributed by atoms with E-state index in [9.17, 15) is 14.3 Å². The second-order valence-corrected chi connectivity index (χ2v) is 5.55. The van der Waals surface area contributed by atoms with E-state index < -0.39 is 17.5 Å². The number of carbonyl (C=O) groups excluding carboxylic acids is 1. The van der Waals surface area contributed by atoms with E-state index >= 15 is 0 Å². The van der Waals surface area contributed by atoms with Gasteiger partial charge < -0.3 is 9.84 Å². The zero-order chi connectivity index (χ0) is 16.3. The van der Waals surface area contributed by atoms with Crippen LogP contribution in [0.2, 0.25) is 10.0 Å². The van der Waals surface area contributed by atoms with E-state index in [1.54, 1.807) is 6.92 Å². The second-order valence-electron chi connectivity index (χ2n) is 4.74. The zero-order valence-electron chi connectivity index (χ0n) is 11.8. The summed E-state index contributed by atoms with van der Waals surface area (Å²) in [6.45, 7) is 1.77. The Morgan fingerprint density at radius 1 is 1.45 bits per heavy atom. The maximum atomic E-state index is 13.6. The summed E-state index contributed by atoms with van der Waals surface area (Å²) in [4.78, 5) is 16.1. The van der Waals surface area contributed by atoms with Gasteiger partial charge in [-0.25, -0.2) is 9.18 Å². The van der Waals surface area contributed by atoms with Gasteiger partial charge in [-0.05, 0) is 31.9 Å². The van der Waals surface area contributed by atoms with Gasteiger partial charge >= 0.3 is 5.97 Å². The molecule has 0 atom stereocenters. The normalized spacial score (nSPS) is 15.8. The van der Waals surface area contributed by atoms with E-state index in [0.29, 0.717) is 0 Å². The van der Waals surface area contributed by atoms with Crippen LogP contribution in [0.25, 0.3) is 5.76 Å². The molecule has 0 aromatic heterocycles. The van der Waals surface area contributed by atoms with Crippen molar-refractivity contribution >= 4 is 41.1 Å². The summed E-state index contributed by atoms with van der Waals surface area (Å²) in [5.74, 6) is -2.01. The number of esters is 1. The van der Waals surface area contributed by atoms with Crippen molar-refractivity contribution in [3.8, 4) is 0 Å². The largest absolute Gasteiger partial charge is 0.506 e. The highest BCUT2D eigenvalue weighted by Gasteiger charge is 2.23. The first kappa shape index (κ1) is 16.8. The summed E-state index contributed by atoms with van der Waals surface area (Å²) in [5.41, 5.74) is -0.216. The Labute approximate surface area is 137 Å². The van der Waals surface area contributed by atoms with Crippen LogP contribution < -0.4 is 0 Å². The molecular formula is C15H14Cl2FNO3. The standard InChI is InChI=1S/C15H14Cl2FNO3/c1-2-22-15(21)10(7-19-8-3-4-8)14(20)9-5-13(18)12(17)6-11(9)16/h5-8,20H,2-4H2,1H3/b14-10-,19-7?. The van der Waals surface area contributed by atoms with Crippen molar-refractivity contribution < 1.29 is 19.0 Å². The number of halogens is 3. The third-order valence-electron chi connectivity index (χ3n) is 2.98. The van der Waals surface area contributed by atoms with Gasteiger partial charge in [0.15, 0.2) is 0 Å². The lowest BCUT2D eigenvalue weighted by Gasteiger charge is -2.09. The quantitative estimate of drug-likeness (QED) is 0.286. The highest BCUT2D eigenvalue weighted by Crippen LogP contribution is 2.30. The van der Waals surface area contributed by atoms with Crippen LogP contribution in [0.1, 0.15) is 25.3 Å². The minimum Gasteiger partial charge on any atom is -0.506 e. The van der Waals surface area contributed by atoms with Crippen molar-refractivity contribution in [2.75, 3.05) is 6.61 Å². The molecule has 1 N–H and O–H groups in total. The van der Waals surface area contributed by atoms with Crippen molar-refractivity contribution in [1.29, 1.82) is 0 Å². The van der Waals surface area contributed by atoms with Gasteiger partial charge in [-0.2, -0.15) is 0 Å². The summed E-state index contributed by atoms with van der Waals surface area (Å²) in [6.07, 6.45) is 3.11. The van der Waals surface area contributed by atoms with Crippen LogP contribution in [0.3, 0.4) is 0 Å². The Morgan fingerprint density at radius 3 is 2.73 bits per heavy atom. The Kier molecular flexibility index (Phi) is 5.42. The molecule has 0 saturated heterocycles. The van der Waals surface area contributed by atoms with E-state index in [-0.39, 0.29) is 33.8 Å². The van der Waals surface area contributed by atoms with Gasteiger partial charge in [-0.1, -0.05) is 23.2 Å². The fourth-order valence-corrected chi connectivity index (χ4v) is 2.14. The highest BCUT2D eigenvalue weighted by molar-refractivity contribution is 6.36. The van der Waals surface area contributed by atoms with Crippen LogP contribution in [-0.4, -0.2) is 29.9 Å². The second kappa shape index (κ2) is 7.11. The lowest BCUT2D eigenvalue weighted by Crippen LogP contribution is -2.12. The molecular weight excluding hydrogens is 332 g/mol. The van der Waals surface area contributed by atoms with Crippen molar-refractivity contribution in [3.05, 3.63) is 39.1 Å². The number of hydrogen-bond donors (Lipinski definition) is 1. The number of aliphatic hydroxyl groups is 1. The third kappa shape index (κ3) is 3.99. The number of nitrogens with zero attached hydrogens (tertiary/aromatic N) is 1. The molecule has 1 aromatic carbocycles. The number of benzene rings is 1. The lowest BCUT2D eigenvalue weighted by molar-refractivity contribution is -0.137. The molecule has 0 spiro atoms. The smallest absolute Gasteiger partial charge is 0.343 e. The molecule has 2 rings (SSSR count). The fraction of sp³-hybridized carbons (Fsp3) is 0.333. The average molecular weight is 346 g/mol. The van der Waals surface area contributed by atoms with Gasteiger partial charge in [0.25, 0.3) is 0 Å². The summed E-state index contributed by atoms with van der Waals surface area (Å²) >= 11 is 11.6. The van der Waals surface area contributed by atoms with Crippen LogP contribution >= 0.6 is 23.2 Å². The van der Waals surface area contributed by atoms with Crippen molar-refractivity contribution in [2.24, 2.45) is 4.99 Å². The molecule has 0 radical (unpaired) electrons. The number of rotatable bonds is 5. The van der Waals surface area contributed by atoms with E-state index in [1.807, 2.05) is 0 Å². The zero-order valence-corrected chi connectivity index (χ0v) is 13.3. The Balaban J connectivity index is 2.47. The Hall–Kier alpha value is -1.59. The molecule has 0 bridgehead atoms. The third-order valence-corrected chi connectivity index (χ3v) is 3.58. The number of hydrogen-bond acceptors (Lipinski definition) is 4.